The van der Waals surface area contributed by atoms with Crippen molar-refractivity contribution >= 4 is 11.8 Å². The van der Waals surface area contributed by atoms with Gasteiger partial charge in [-0.25, -0.2) is 8.78 Å². The van der Waals surface area contributed by atoms with Gasteiger partial charge < -0.3 is 24.3 Å². The Morgan fingerprint density at radius 2 is 1.92 bits per heavy atom. The molecule has 2 aliphatic rings. The van der Waals surface area contributed by atoms with E-state index in [-0.39, 0.29) is 54.2 Å². The molecule has 2 amide bonds. The zero-order chi connectivity index (χ0) is 27.0. The van der Waals surface area contributed by atoms with Gasteiger partial charge in [0.25, 0.3) is 11.8 Å². The zero-order valence-corrected chi connectivity index (χ0v) is 20.9. The van der Waals surface area contributed by atoms with Crippen molar-refractivity contribution < 1.29 is 27.8 Å². The average Bonchev–Trinajstić information content (AvgIpc) is 3.33. The quantitative estimate of drug-likeness (QED) is 0.512. The first-order valence-corrected chi connectivity index (χ1v) is 12.3. The number of benzene rings is 2. The van der Waals surface area contributed by atoms with E-state index in [1.807, 2.05) is 44.2 Å². The van der Waals surface area contributed by atoms with Crippen LogP contribution in [0.5, 0.6) is 5.75 Å². The Balaban J connectivity index is 1.51. The highest BCUT2D eigenvalue weighted by atomic mass is 19.1. The molecule has 2 aliphatic heterocycles. The predicted molar refractivity (Wildman–Crippen MR) is 134 cm³/mol. The van der Waals surface area contributed by atoms with Gasteiger partial charge in [0.15, 0.2) is 17.7 Å². The number of fused-ring (bicyclic) bond motifs is 2. The lowest BCUT2D eigenvalue weighted by Gasteiger charge is -2.36. The van der Waals surface area contributed by atoms with Gasteiger partial charge in [-0.1, -0.05) is 50.2 Å². The van der Waals surface area contributed by atoms with Crippen LogP contribution in [0.1, 0.15) is 45.8 Å². The third kappa shape index (κ3) is 4.79. The number of amides is 2. The van der Waals surface area contributed by atoms with E-state index in [1.165, 1.54) is 16.8 Å². The Labute approximate surface area is 217 Å². The van der Waals surface area contributed by atoms with Crippen molar-refractivity contribution in [3.8, 4) is 5.75 Å². The molecule has 2 atom stereocenters. The molecule has 1 saturated heterocycles. The lowest BCUT2D eigenvalue weighted by molar-refractivity contribution is 0.00407. The van der Waals surface area contributed by atoms with Crippen LogP contribution in [-0.2, 0) is 24.4 Å². The van der Waals surface area contributed by atoms with Gasteiger partial charge in [0, 0.05) is 24.4 Å². The van der Waals surface area contributed by atoms with Gasteiger partial charge in [-0.05, 0) is 17.5 Å². The highest BCUT2D eigenvalue weighted by molar-refractivity contribution is 5.99. The van der Waals surface area contributed by atoms with Crippen molar-refractivity contribution in [1.29, 1.82) is 0 Å². The molecule has 8 nitrogen and oxygen atoms in total. The Bertz CT molecular complexity index is 1440. The van der Waals surface area contributed by atoms with Crippen LogP contribution in [0.4, 0.5) is 8.78 Å². The third-order valence-electron chi connectivity index (χ3n) is 6.85. The van der Waals surface area contributed by atoms with Crippen molar-refractivity contribution in [2.75, 3.05) is 6.61 Å². The Morgan fingerprint density at radius 3 is 2.63 bits per heavy atom. The van der Waals surface area contributed by atoms with Crippen LogP contribution >= 0.6 is 0 Å². The Hall–Kier alpha value is -4.05. The van der Waals surface area contributed by atoms with Crippen molar-refractivity contribution in [3.63, 3.8) is 0 Å². The summed E-state index contributed by atoms with van der Waals surface area (Å²) in [5.41, 5.74) is -0.128. The zero-order valence-electron chi connectivity index (χ0n) is 20.9. The molecule has 1 aromatic heterocycles. The van der Waals surface area contributed by atoms with Crippen molar-refractivity contribution in [1.82, 2.24) is 14.8 Å². The molecule has 0 unspecified atom stereocenters. The van der Waals surface area contributed by atoms with E-state index in [4.69, 9.17) is 9.47 Å². The number of aromatic nitrogens is 1. The summed E-state index contributed by atoms with van der Waals surface area (Å²) in [6.45, 7) is 4.31. The fourth-order valence-corrected chi connectivity index (χ4v) is 4.77. The standard InChI is InChI=1S/C28H27F2N3O5/c1-16(2)22-15-37-23-13-32-12-20(27(35)31-11-18-8-9-19(29)10-21(18)30)25(34)26(24(32)28(36)33(22)23)38-14-17-6-4-3-5-7-17/h3-10,12,16,22-23H,11,13-15H2,1-2H3,(H,31,35)/t22-,23-/m0/s1. The second kappa shape index (κ2) is 10.4. The van der Waals surface area contributed by atoms with E-state index < -0.39 is 35.1 Å². The molecule has 1 fully saturated rings. The molecule has 10 heteroatoms. The third-order valence-corrected chi connectivity index (χ3v) is 6.85. The van der Waals surface area contributed by atoms with E-state index >= 15 is 0 Å². The topological polar surface area (TPSA) is 89.9 Å². The molecule has 3 aromatic rings. The van der Waals surface area contributed by atoms with Gasteiger partial charge in [0.1, 0.15) is 23.8 Å². The summed E-state index contributed by atoms with van der Waals surface area (Å²) in [5.74, 6) is -2.83. The molecular weight excluding hydrogens is 496 g/mol. The average molecular weight is 524 g/mol. The van der Waals surface area contributed by atoms with Gasteiger partial charge in [-0.15, -0.1) is 0 Å². The maximum Gasteiger partial charge on any atom is 0.276 e. The lowest BCUT2D eigenvalue weighted by Crippen LogP contribution is -2.51. The van der Waals surface area contributed by atoms with Crippen LogP contribution in [0.3, 0.4) is 0 Å². The molecule has 1 N–H and O–H groups in total. The number of nitrogens with one attached hydrogen (secondary N) is 1. The molecular formula is C28H27F2N3O5. The van der Waals surface area contributed by atoms with Crippen molar-refractivity contribution in [2.45, 2.75) is 45.8 Å². The van der Waals surface area contributed by atoms with Crippen LogP contribution in [-0.4, -0.2) is 40.2 Å². The summed E-state index contributed by atoms with van der Waals surface area (Å²) in [7, 11) is 0. The van der Waals surface area contributed by atoms with Gasteiger partial charge in [0.2, 0.25) is 5.43 Å². The molecule has 198 valence electrons. The van der Waals surface area contributed by atoms with E-state index in [9.17, 15) is 23.2 Å². The second-order valence-corrected chi connectivity index (χ2v) is 9.71. The summed E-state index contributed by atoms with van der Waals surface area (Å²) in [5, 5.41) is 2.51. The number of pyridine rings is 1. The smallest absolute Gasteiger partial charge is 0.276 e. The number of carbonyl (C=O) groups excluding carboxylic acids is 2. The van der Waals surface area contributed by atoms with E-state index in [0.717, 1.165) is 11.6 Å². The number of hydrogen-bond acceptors (Lipinski definition) is 5. The van der Waals surface area contributed by atoms with Crippen LogP contribution in [0, 0.1) is 17.6 Å². The summed E-state index contributed by atoms with van der Waals surface area (Å²) in [4.78, 5) is 42.0. The maximum atomic E-state index is 14.1. The highest BCUT2D eigenvalue weighted by Crippen LogP contribution is 2.33. The number of rotatable bonds is 7. The first-order chi connectivity index (χ1) is 18.2. The molecule has 0 aliphatic carbocycles. The highest BCUT2D eigenvalue weighted by Gasteiger charge is 2.45. The van der Waals surface area contributed by atoms with E-state index in [1.54, 1.807) is 4.90 Å². The number of carbonyl (C=O) groups is 2. The SMILES string of the molecule is CC(C)[C@@H]1CO[C@H]2Cn3cc(C(=O)NCc4ccc(F)cc4F)c(=O)c(OCc4ccccc4)c3C(=O)N21. The van der Waals surface area contributed by atoms with Gasteiger partial charge >= 0.3 is 0 Å². The lowest BCUT2D eigenvalue weighted by atomic mass is 10.0. The molecule has 0 spiro atoms. The summed E-state index contributed by atoms with van der Waals surface area (Å²) < 4.78 is 40.6. The molecule has 38 heavy (non-hydrogen) atoms. The first kappa shape index (κ1) is 25.6. The number of hydrogen-bond donors (Lipinski definition) is 1. The normalized spacial score (nSPS) is 18.3. The first-order valence-electron chi connectivity index (χ1n) is 12.3. The van der Waals surface area contributed by atoms with Crippen LogP contribution in [0.25, 0.3) is 0 Å². The Morgan fingerprint density at radius 1 is 1.16 bits per heavy atom. The maximum absolute atomic E-state index is 14.1. The van der Waals surface area contributed by atoms with E-state index in [2.05, 4.69) is 5.32 Å². The monoisotopic (exact) mass is 523 g/mol. The van der Waals surface area contributed by atoms with Crippen LogP contribution in [0.2, 0.25) is 0 Å². The van der Waals surface area contributed by atoms with Gasteiger partial charge in [-0.2, -0.15) is 0 Å². The minimum atomic E-state index is -0.817. The summed E-state index contributed by atoms with van der Waals surface area (Å²) >= 11 is 0. The molecule has 0 radical (unpaired) electrons. The summed E-state index contributed by atoms with van der Waals surface area (Å²) in [6.07, 6.45) is 0.765. The minimum Gasteiger partial charge on any atom is -0.483 e. The van der Waals surface area contributed by atoms with Crippen LogP contribution < -0.4 is 15.5 Å². The molecule has 3 heterocycles. The predicted octanol–water partition coefficient (Wildman–Crippen LogP) is 3.47. The second-order valence-electron chi connectivity index (χ2n) is 9.71. The number of ether oxygens (including phenoxy) is 2. The fraction of sp³-hybridized carbons (Fsp3) is 0.321. The molecule has 5 rings (SSSR count). The summed E-state index contributed by atoms with van der Waals surface area (Å²) in [6, 6.07) is 12.0. The molecule has 0 bridgehead atoms. The number of nitrogens with zero attached hydrogens (tertiary/aromatic N) is 2. The minimum absolute atomic E-state index is 0.00968. The van der Waals surface area contributed by atoms with Crippen molar-refractivity contribution in [2.24, 2.45) is 5.92 Å². The van der Waals surface area contributed by atoms with E-state index in [0.29, 0.717) is 12.7 Å². The van der Waals surface area contributed by atoms with Gasteiger partial charge in [0.05, 0.1) is 19.2 Å². The molecule has 0 saturated carbocycles. The largest absolute Gasteiger partial charge is 0.483 e. The Kier molecular flexibility index (Phi) is 6.98. The molecule has 2 aromatic carbocycles. The van der Waals surface area contributed by atoms with Crippen LogP contribution in [0.15, 0.2) is 59.5 Å². The van der Waals surface area contributed by atoms with Crippen molar-refractivity contribution in [3.05, 3.63) is 99.0 Å². The number of halogens is 2. The van der Waals surface area contributed by atoms with Gasteiger partial charge in [-0.3, -0.25) is 14.4 Å². The fourth-order valence-electron chi connectivity index (χ4n) is 4.77.